The van der Waals surface area contributed by atoms with Gasteiger partial charge in [0.05, 0.1) is 6.61 Å². The highest BCUT2D eigenvalue weighted by Crippen LogP contribution is 2.11. The monoisotopic (exact) mass is 260 g/mol. The van der Waals surface area contributed by atoms with E-state index in [0.717, 1.165) is 5.56 Å². The fourth-order valence-corrected chi connectivity index (χ4v) is 1.65. The van der Waals surface area contributed by atoms with Crippen molar-refractivity contribution >= 4 is 12.0 Å². The molecule has 0 unspecified atom stereocenters. The summed E-state index contributed by atoms with van der Waals surface area (Å²) in [6.45, 7) is 4.69. The minimum Gasteiger partial charge on any atom is -0.461 e. The van der Waals surface area contributed by atoms with Crippen LogP contribution in [-0.4, -0.2) is 17.6 Å². The van der Waals surface area contributed by atoms with Crippen LogP contribution in [0.1, 0.15) is 28.5 Å². The van der Waals surface area contributed by atoms with Gasteiger partial charge in [0.15, 0.2) is 5.69 Å². The van der Waals surface area contributed by atoms with Crippen molar-refractivity contribution in [2.24, 2.45) is 0 Å². The summed E-state index contributed by atoms with van der Waals surface area (Å²) in [5.74, 6) is -0.477. The zero-order chi connectivity index (χ0) is 13.7. The Morgan fingerprint density at radius 2 is 2.32 bits per heavy atom. The molecular formula is C14H16N2O3. The third kappa shape index (κ3) is 3.58. The number of aromatic nitrogens is 1. The molecule has 0 spiro atoms. The molecule has 19 heavy (non-hydrogen) atoms. The first kappa shape index (κ1) is 13.1. The van der Waals surface area contributed by atoms with Gasteiger partial charge in [-0.3, -0.25) is 0 Å². The van der Waals surface area contributed by atoms with Gasteiger partial charge in [0.25, 0.3) is 6.01 Å². The molecule has 0 amide bonds. The average molecular weight is 260 g/mol. The van der Waals surface area contributed by atoms with Crippen LogP contribution in [0, 0.1) is 6.92 Å². The van der Waals surface area contributed by atoms with Crippen LogP contribution in [0.3, 0.4) is 0 Å². The minimum atomic E-state index is -0.477. The lowest BCUT2D eigenvalue weighted by Crippen LogP contribution is -2.05. The van der Waals surface area contributed by atoms with Crippen LogP contribution >= 0.6 is 0 Å². The number of anilines is 1. The molecule has 0 aliphatic rings. The highest BCUT2D eigenvalue weighted by atomic mass is 16.5. The molecule has 1 N–H and O–H groups in total. The number of hydrogen-bond donors (Lipinski definition) is 1. The lowest BCUT2D eigenvalue weighted by molar-refractivity contribution is 0.0519. The number of benzene rings is 1. The average Bonchev–Trinajstić information content (AvgIpc) is 2.86. The van der Waals surface area contributed by atoms with E-state index in [4.69, 9.17) is 9.15 Å². The van der Waals surface area contributed by atoms with Crippen molar-refractivity contribution in [2.45, 2.75) is 20.4 Å². The van der Waals surface area contributed by atoms with Gasteiger partial charge >= 0.3 is 5.97 Å². The Bertz CT molecular complexity index is 563. The number of nitrogens with one attached hydrogen (secondary N) is 1. The van der Waals surface area contributed by atoms with Crippen molar-refractivity contribution in [1.82, 2.24) is 4.98 Å². The van der Waals surface area contributed by atoms with E-state index < -0.39 is 5.97 Å². The molecule has 0 bridgehead atoms. The first-order chi connectivity index (χ1) is 9.19. The first-order valence-corrected chi connectivity index (χ1v) is 6.11. The van der Waals surface area contributed by atoms with E-state index in [-0.39, 0.29) is 5.69 Å². The molecule has 5 nitrogen and oxygen atoms in total. The van der Waals surface area contributed by atoms with Crippen molar-refractivity contribution in [3.05, 3.63) is 47.3 Å². The fraction of sp³-hybridized carbons (Fsp3) is 0.286. The minimum absolute atomic E-state index is 0.175. The molecule has 0 radical (unpaired) electrons. The Morgan fingerprint density at radius 1 is 1.47 bits per heavy atom. The number of carbonyl (C=O) groups is 1. The molecule has 1 aromatic heterocycles. The summed E-state index contributed by atoms with van der Waals surface area (Å²) >= 11 is 0. The highest BCUT2D eigenvalue weighted by molar-refractivity contribution is 5.87. The normalized spacial score (nSPS) is 10.2. The molecule has 5 heteroatoms. The molecule has 0 aliphatic carbocycles. The van der Waals surface area contributed by atoms with Crippen LogP contribution in [0.15, 0.2) is 34.9 Å². The standard InChI is InChI=1S/C14H16N2O3/c1-3-18-13(17)12-9-19-14(16-12)15-8-11-6-4-5-10(2)7-11/h4-7,9H,3,8H2,1-2H3,(H,15,16). The van der Waals surface area contributed by atoms with E-state index in [1.807, 2.05) is 25.1 Å². The second kappa shape index (κ2) is 6.04. The molecular weight excluding hydrogens is 244 g/mol. The molecule has 2 rings (SSSR count). The Morgan fingerprint density at radius 3 is 3.05 bits per heavy atom. The summed E-state index contributed by atoms with van der Waals surface area (Å²) in [5.41, 5.74) is 2.49. The quantitative estimate of drug-likeness (QED) is 0.837. The van der Waals surface area contributed by atoms with Gasteiger partial charge in [0, 0.05) is 6.54 Å². The number of esters is 1. The van der Waals surface area contributed by atoms with Gasteiger partial charge in [0.2, 0.25) is 0 Å². The lowest BCUT2D eigenvalue weighted by atomic mass is 10.1. The van der Waals surface area contributed by atoms with E-state index in [1.54, 1.807) is 6.92 Å². The number of hydrogen-bond acceptors (Lipinski definition) is 5. The van der Waals surface area contributed by atoms with Crippen LogP contribution in [0.2, 0.25) is 0 Å². The summed E-state index contributed by atoms with van der Waals surface area (Å²) in [6, 6.07) is 8.42. The molecule has 0 atom stereocenters. The van der Waals surface area contributed by atoms with Crippen LogP contribution in [-0.2, 0) is 11.3 Å². The van der Waals surface area contributed by atoms with Gasteiger partial charge in [-0.05, 0) is 19.4 Å². The molecule has 0 saturated carbocycles. The van der Waals surface area contributed by atoms with Crippen LogP contribution in [0.4, 0.5) is 6.01 Å². The Kier molecular flexibility index (Phi) is 4.18. The number of rotatable bonds is 5. The highest BCUT2D eigenvalue weighted by Gasteiger charge is 2.12. The maximum atomic E-state index is 11.4. The third-order valence-electron chi connectivity index (χ3n) is 2.51. The maximum absolute atomic E-state index is 11.4. The second-order valence-corrected chi connectivity index (χ2v) is 4.10. The predicted octanol–water partition coefficient (Wildman–Crippen LogP) is 2.77. The second-order valence-electron chi connectivity index (χ2n) is 4.10. The smallest absolute Gasteiger partial charge is 0.360 e. The van der Waals surface area contributed by atoms with Crippen molar-refractivity contribution in [1.29, 1.82) is 0 Å². The van der Waals surface area contributed by atoms with E-state index in [9.17, 15) is 4.79 Å². The molecule has 0 aliphatic heterocycles. The van der Waals surface area contributed by atoms with Gasteiger partial charge in [0.1, 0.15) is 6.26 Å². The number of oxazole rings is 1. The SMILES string of the molecule is CCOC(=O)c1coc(NCc2cccc(C)c2)n1. The largest absolute Gasteiger partial charge is 0.461 e. The van der Waals surface area contributed by atoms with Gasteiger partial charge < -0.3 is 14.5 Å². The number of nitrogens with zero attached hydrogens (tertiary/aromatic N) is 1. The Hall–Kier alpha value is -2.30. The van der Waals surface area contributed by atoms with Gasteiger partial charge in [-0.25, -0.2) is 4.79 Å². The van der Waals surface area contributed by atoms with Crippen molar-refractivity contribution < 1.29 is 13.9 Å². The maximum Gasteiger partial charge on any atom is 0.360 e. The fourth-order valence-electron chi connectivity index (χ4n) is 1.65. The predicted molar refractivity (Wildman–Crippen MR) is 71.0 cm³/mol. The van der Waals surface area contributed by atoms with E-state index in [1.165, 1.54) is 11.8 Å². The summed E-state index contributed by atoms with van der Waals surface area (Å²) in [7, 11) is 0. The molecule has 1 heterocycles. The molecule has 1 aromatic carbocycles. The molecule has 2 aromatic rings. The summed E-state index contributed by atoms with van der Waals surface area (Å²) in [5, 5.41) is 3.02. The summed E-state index contributed by atoms with van der Waals surface area (Å²) in [6.07, 6.45) is 1.29. The van der Waals surface area contributed by atoms with Gasteiger partial charge in [-0.15, -0.1) is 0 Å². The Labute approximate surface area is 111 Å². The van der Waals surface area contributed by atoms with E-state index in [2.05, 4.69) is 16.4 Å². The van der Waals surface area contributed by atoms with Crippen molar-refractivity contribution in [3.8, 4) is 0 Å². The summed E-state index contributed by atoms with van der Waals surface area (Å²) in [4.78, 5) is 15.4. The van der Waals surface area contributed by atoms with Crippen molar-refractivity contribution in [2.75, 3.05) is 11.9 Å². The van der Waals surface area contributed by atoms with Crippen LogP contribution in [0.25, 0.3) is 0 Å². The van der Waals surface area contributed by atoms with Gasteiger partial charge in [-0.1, -0.05) is 29.8 Å². The zero-order valence-corrected chi connectivity index (χ0v) is 11.0. The Balaban J connectivity index is 1.95. The molecule has 100 valence electrons. The number of ether oxygens (including phenoxy) is 1. The van der Waals surface area contributed by atoms with Crippen molar-refractivity contribution in [3.63, 3.8) is 0 Å². The van der Waals surface area contributed by atoms with Gasteiger partial charge in [-0.2, -0.15) is 4.98 Å². The lowest BCUT2D eigenvalue weighted by Gasteiger charge is -2.02. The number of aryl methyl sites for hydroxylation is 1. The number of carbonyl (C=O) groups excluding carboxylic acids is 1. The molecule has 0 fully saturated rings. The van der Waals surface area contributed by atoms with E-state index in [0.29, 0.717) is 19.2 Å². The topological polar surface area (TPSA) is 64.4 Å². The van der Waals surface area contributed by atoms with Crippen LogP contribution < -0.4 is 5.32 Å². The van der Waals surface area contributed by atoms with E-state index >= 15 is 0 Å². The first-order valence-electron chi connectivity index (χ1n) is 6.11. The zero-order valence-electron chi connectivity index (χ0n) is 11.0. The van der Waals surface area contributed by atoms with Crippen LogP contribution in [0.5, 0.6) is 0 Å². The third-order valence-corrected chi connectivity index (χ3v) is 2.51. The molecule has 0 saturated heterocycles. The summed E-state index contributed by atoms with van der Waals surface area (Å²) < 4.78 is 9.99.